The van der Waals surface area contributed by atoms with Crippen molar-refractivity contribution in [3.8, 4) is 5.75 Å². The van der Waals surface area contributed by atoms with Crippen LogP contribution in [0.25, 0.3) is 0 Å². The van der Waals surface area contributed by atoms with Crippen LogP contribution in [-0.2, 0) is 11.2 Å². The summed E-state index contributed by atoms with van der Waals surface area (Å²) < 4.78 is 1.60. The molecule has 1 aromatic heterocycles. The third-order valence-corrected chi connectivity index (χ3v) is 5.77. The van der Waals surface area contributed by atoms with Crippen molar-refractivity contribution >= 4 is 73.0 Å². The van der Waals surface area contributed by atoms with Crippen molar-refractivity contribution in [1.82, 2.24) is 15.6 Å². The van der Waals surface area contributed by atoms with Crippen LogP contribution in [0.2, 0.25) is 0 Å². The molecule has 0 radical (unpaired) electrons. The highest BCUT2D eigenvalue weighted by Gasteiger charge is 2.14. The minimum absolute atomic E-state index is 0.0434. The number of amides is 2. The van der Waals surface area contributed by atoms with Gasteiger partial charge in [-0.15, -0.1) is 10.2 Å². The zero-order chi connectivity index (χ0) is 20.8. The van der Waals surface area contributed by atoms with Crippen LogP contribution in [0.15, 0.2) is 52.0 Å². The Morgan fingerprint density at radius 3 is 2.83 bits per heavy atom. The van der Waals surface area contributed by atoms with Crippen LogP contribution in [0.3, 0.4) is 0 Å². The van der Waals surface area contributed by atoms with Crippen molar-refractivity contribution in [2.75, 3.05) is 5.32 Å². The van der Waals surface area contributed by atoms with Gasteiger partial charge in [-0.3, -0.25) is 14.9 Å². The van der Waals surface area contributed by atoms with Crippen molar-refractivity contribution < 1.29 is 14.7 Å². The number of aromatic nitrogens is 2. The molecule has 0 unspecified atom stereocenters. The van der Waals surface area contributed by atoms with Gasteiger partial charge in [-0.2, -0.15) is 5.10 Å². The first-order valence-corrected chi connectivity index (χ1v) is 10.8. The van der Waals surface area contributed by atoms with E-state index < -0.39 is 5.91 Å². The van der Waals surface area contributed by atoms with Crippen LogP contribution >= 0.6 is 49.9 Å². The van der Waals surface area contributed by atoms with Gasteiger partial charge in [0, 0.05) is 13.6 Å². The van der Waals surface area contributed by atoms with Gasteiger partial charge < -0.3 is 5.11 Å². The molecule has 3 aromatic rings. The number of hydrogen-bond acceptors (Lipinski definition) is 7. The third kappa shape index (κ3) is 6.05. The summed E-state index contributed by atoms with van der Waals surface area (Å²) in [6, 6.07) is 12.0. The van der Waals surface area contributed by atoms with E-state index in [9.17, 15) is 14.7 Å². The van der Waals surface area contributed by atoms with Crippen LogP contribution in [-0.4, -0.2) is 33.3 Å². The lowest BCUT2D eigenvalue weighted by molar-refractivity contribution is -0.120. The van der Waals surface area contributed by atoms with E-state index in [0.29, 0.717) is 21.3 Å². The lowest BCUT2D eigenvalue weighted by Gasteiger charge is -2.02. The molecule has 0 aliphatic rings. The van der Waals surface area contributed by atoms with Crippen molar-refractivity contribution in [2.45, 2.75) is 6.42 Å². The van der Waals surface area contributed by atoms with Crippen LogP contribution < -0.4 is 10.7 Å². The number of hydrazone groups is 1. The monoisotopic (exact) mass is 585 g/mol. The first-order chi connectivity index (χ1) is 13.9. The molecule has 0 aliphatic heterocycles. The van der Waals surface area contributed by atoms with E-state index in [-0.39, 0.29) is 18.1 Å². The minimum atomic E-state index is -0.401. The summed E-state index contributed by atoms with van der Waals surface area (Å²) in [7, 11) is 0. The van der Waals surface area contributed by atoms with Crippen LogP contribution in [0.5, 0.6) is 5.75 Å². The second kappa shape index (κ2) is 9.89. The average Bonchev–Trinajstić information content (AvgIpc) is 3.11. The summed E-state index contributed by atoms with van der Waals surface area (Å²) in [5, 5.41) is 24.8. The highest BCUT2D eigenvalue weighted by Crippen LogP contribution is 2.20. The Kier molecular flexibility index (Phi) is 7.28. The Balaban J connectivity index is 1.55. The molecule has 3 rings (SSSR count). The van der Waals surface area contributed by atoms with Gasteiger partial charge in [-0.05, 0) is 52.9 Å². The molecule has 29 heavy (non-hydrogen) atoms. The van der Waals surface area contributed by atoms with E-state index in [1.54, 1.807) is 24.3 Å². The van der Waals surface area contributed by atoms with Crippen LogP contribution in [0, 0.1) is 3.57 Å². The normalized spacial score (nSPS) is 10.8. The molecule has 11 heteroatoms. The third-order valence-electron chi connectivity index (χ3n) is 3.50. The number of carbonyl (C=O) groups is 2. The number of anilines is 1. The van der Waals surface area contributed by atoms with E-state index in [1.807, 2.05) is 12.1 Å². The molecule has 3 N–H and O–H groups in total. The molecule has 0 fully saturated rings. The van der Waals surface area contributed by atoms with E-state index in [2.05, 4.69) is 64.6 Å². The Morgan fingerprint density at radius 2 is 2.03 bits per heavy atom. The van der Waals surface area contributed by atoms with Crippen molar-refractivity contribution in [1.29, 1.82) is 0 Å². The molecule has 148 valence electrons. The maximum Gasteiger partial charge on any atom is 0.258 e. The van der Waals surface area contributed by atoms with Crippen LogP contribution in [0.4, 0.5) is 5.13 Å². The average molecular weight is 586 g/mol. The van der Waals surface area contributed by atoms with Crippen molar-refractivity contribution in [3.63, 3.8) is 0 Å². The number of halogens is 2. The number of hydrogen-bond donors (Lipinski definition) is 3. The molecular weight excluding hydrogens is 573 g/mol. The molecule has 2 aromatic carbocycles. The SMILES string of the molecule is O=C(Cc1nnc(NC(=O)c2ccccc2I)s1)N/N=C\c1cc(Br)ccc1O. The fourth-order valence-corrected chi connectivity index (χ4v) is 3.91. The van der Waals surface area contributed by atoms with Gasteiger partial charge in [0.2, 0.25) is 11.0 Å². The second-order valence-corrected chi connectivity index (χ2v) is 8.75. The van der Waals surface area contributed by atoms with Crippen molar-refractivity contribution in [2.24, 2.45) is 5.10 Å². The summed E-state index contributed by atoms with van der Waals surface area (Å²) >= 11 is 6.49. The van der Waals surface area contributed by atoms with Gasteiger partial charge in [0.25, 0.3) is 5.91 Å². The second-order valence-electron chi connectivity index (χ2n) is 5.61. The van der Waals surface area contributed by atoms with Crippen LogP contribution in [0.1, 0.15) is 20.9 Å². The first kappa shape index (κ1) is 21.3. The molecule has 0 saturated carbocycles. The maximum absolute atomic E-state index is 12.3. The van der Waals surface area contributed by atoms with E-state index in [1.165, 1.54) is 12.3 Å². The Labute approximate surface area is 191 Å². The lowest BCUT2D eigenvalue weighted by atomic mass is 10.2. The minimum Gasteiger partial charge on any atom is -0.507 e. The van der Waals surface area contributed by atoms with E-state index in [0.717, 1.165) is 19.4 Å². The van der Waals surface area contributed by atoms with E-state index >= 15 is 0 Å². The Morgan fingerprint density at radius 1 is 1.24 bits per heavy atom. The molecule has 0 saturated heterocycles. The number of benzene rings is 2. The fourth-order valence-electron chi connectivity index (χ4n) is 2.16. The summed E-state index contributed by atoms with van der Waals surface area (Å²) in [5.74, 6) is -0.647. The number of rotatable bonds is 6. The predicted octanol–water partition coefficient (Wildman–Crippen LogP) is 3.56. The molecule has 1 heterocycles. The topological polar surface area (TPSA) is 117 Å². The lowest BCUT2D eigenvalue weighted by Crippen LogP contribution is -2.19. The number of phenolic OH excluding ortho intramolecular Hbond substituents is 1. The first-order valence-electron chi connectivity index (χ1n) is 8.11. The summed E-state index contributed by atoms with van der Waals surface area (Å²) in [6.45, 7) is 0. The van der Waals surface area contributed by atoms with Gasteiger partial charge in [-0.1, -0.05) is 39.4 Å². The highest BCUT2D eigenvalue weighted by molar-refractivity contribution is 14.1. The maximum atomic E-state index is 12.3. The smallest absolute Gasteiger partial charge is 0.258 e. The predicted molar refractivity (Wildman–Crippen MR) is 122 cm³/mol. The molecule has 0 bridgehead atoms. The highest BCUT2D eigenvalue weighted by atomic mass is 127. The molecule has 0 atom stereocenters. The number of aromatic hydroxyl groups is 1. The fraction of sp³-hybridized carbons (Fsp3) is 0.0556. The Hall–Kier alpha value is -2.38. The summed E-state index contributed by atoms with van der Waals surface area (Å²) in [4.78, 5) is 24.3. The number of phenols is 1. The van der Waals surface area contributed by atoms with E-state index in [4.69, 9.17) is 0 Å². The number of nitrogens with zero attached hydrogens (tertiary/aromatic N) is 3. The largest absolute Gasteiger partial charge is 0.507 e. The van der Waals surface area contributed by atoms with Gasteiger partial charge in [0.05, 0.1) is 18.2 Å². The molecule has 8 nitrogen and oxygen atoms in total. The molecule has 0 aliphatic carbocycles. The van der Waals surface area contributed by atoms with Gasteiger partial charge in [-0.25, -0.2) is 5.43 Å². The summed E-state index contributed by atoms with van der Waals surface area (Å²) in [5.41, 5.74) is 3.35. The standard InChI is InChI=1S/C18H13BrIN5O3S/c19-11-5-6-14(26)10(7-11)9-21-23-15(27)8-16-24-25-18(29-16)22-17(28)12-3-1-2-4-13(12)20/h1-7,9,26H,8H2,(H,23,27)(H,22,25,28)/b21-9-. The van der Waals surface area contributed by atoms with Gasteiger partial charge in [0.15, 0.2) is 0 Å². The Bertz CT molecular complexity index is 1090. The van der Waals surface area contributed by atoms with Crippen molar-refractivity contribution in [3.05, 3.63) is 66.6 Å². The molecular formula is C18H13BrIN5O3S. The quantitative estimate of drug-likeness (QED) is 0.232. The molecule has 2 amide bonds. The molecule has 0 spiro atoms. The summed E-state index contributed by atoms with van der Waals surface area (Å²) in [6.07, 6.45) is 1.30. The zero-order valence-electron chi connectivity index (χ0n) is 14.6. The zero-order valence-corrected chi connectivity index (χ0v) is 19.2. The van der Waals surface area contributed by atoms with Gasteiger partial charge in [0.1, 0.15) is 10.8 Å². The number of carbonyl (C=O) groups excluding carboxylic acids is 2. The number of nitrogens with one attached hydrogen (secondary N) is 2. The van der Waals surface area contributed by atoms with Gasteiger partial charge >= 0.3 is 0 Å².